The topological polar surface area (TPSA) is 51.0 Å². The van der Waals surface area contributed by atoms with E-state index in [9.17, 15) is 0 Å². The number of hydrogen-bond donors (Lipinski definition) is 1. The first-order valence-electron chi connectivity index (χ1n) is 6.95. The van der Waals surface area contributed by atoms with Crippen molar-refractivity contribution in [3.63, 3.8) is 0 Å². The van der Waals surface area contributed by atoms with Crippen molar-refractivity contribution in [3.8, 4) is 0 Å². The monoisotopic (exact) mass is 319 g/mol. The van der Waals surface area contributed by atoms with E-state index in [0.717, 1.165) is 34.2 Å². The molecule has 21 heavy (non-hydrogen) atoms. The van der Waals surface area contributed by atoms with Crippen LogP contribution in [0, 0.1) is 5.92 Å². The third kappa shape index (κ3) is 2.40. The Bertz CT molecular complexity index is 797. The second-order valence-corrected chi connectivity index (χ2v) is 6.47. The molecule has 4 nitrogen and oxygen atoms in total. The SMILES string of the molecule is CC1CC1c1ccc(CNc2c(Cl)ccc3nsnc23)o1. The Labute approximate surface area is 131 Å². The molecule has 1 fully saturated rings. The maximum atomic E-state index is 6.25. The van der Waals surface area contributed by atoms with Gasteiger partial charge in [0.2, 0.25) is 0 Å². The van der Waals surface area contributed by atoms with Gasteiger partial charge in [-0.05, 0) is 36.6 Å². The van der Waals surface area contributed by atoms with Gasteiger partial charge in [-0.25, -0.2) is 0 Å². The Hall–Kier alpha value is -1.59. The molecule has 1 aromatic carbocycles. The highest BCUT2D eigenvalue weighted by molar-refractivity contribution is 7.00. The minimum Gasteiger partial charge on any atom is -0.464 e. The molecule has 2 unspecified atom stereocenters. The van der Waals surface area contributed by atoms with Gasteiger partial charge >= 0.3 is 0 Å². The summed E-state index contributed by atoms with van der Waals surface area (Å²) in [5.74, 6) is 3.37. The lowest BCUT2D eigenvalue weighted by Gasteiger charge is -2.07. The molecule has 6 heteroatoms. The van der Waals surface area contributed by atoms with Crippen molar-refractivity contribution >= 4 is 40.0 Å². The van der Waals surface area contributed by atoms with Gasteiger partial charge in [0.15, 0.2) is 0 Å². The smallest absolute Gasteiger partial charge is 0.129 e. The molecule has 3 aromatic rings. The number of benzene rings is 1. The quantitative estimate of drug-likeness (QED) is 0.759. The predicted octanol–water partition coefficient (Wildman–Crippen LogP) is 4.67. The average Bonchev–Trinajstić information content (AvgIpc) is 2.93. The fourth-order valence-corrected chi connectivity index (χ4v) is 3.34. The second kappa shape index (κ2) is 5.00. The predicted molar refractivity (Wildman–Crippen MR) is 85.0 cm³/mol. The summed E-state index contributed by atoms with van der Waals surface area (Å²) < 4.78 is 14.4. The lowest BCUT2D eigenvalue weighted by molar-refractivity contribution is 0.468. The summed E-state index contributed by atoms with van der Waals surface area (Å²) in [6, 6.07) is 7.83. The van der Waals surface area contributed by atoms with Gasteiger partial charge in [-0.3, -0.25) is 0 Å². The van der Waals surface area contributed by atoms with E-state index >= 15 is 0 Å². The number of nitrogens with one attached hydrogen (secondary N) is 1. The summed E-state index contributed by atoms with van der Waals surface area (Å²) in [7, 11) is 0. The van der Waals surface area contributed by atoms with Crippen LogP contribution in [0.1, 0.15) is 30.8 Å². The molecule has 1 N–H and O–H groups in total. The van der Waals surface area contributed by atoms with Crippen LogP contribution >= 0.6 is 23.3 Å². The molecule has 2 aromatic heterocycles. The molecule has 108 valence electrons. The van der Waals surface area contributed by atoms with Gasteiger partial charge < -0.3 is 9.73 Å². The fourth-order valence-electron chi connectivity index (χ4n) is 2.58. The van der Waals surface area contributed by atoms with Crippen molar-refractivity contribution in [1.29, 1.82) is 0 Å². The van der Waals surface area contributed by atoms with Gasteiger partial charge in [0.05, 0.1) is 29.0 Å². The highest BCUT2D eigenvalue weighted by atomic mass is 35.5. The average molecular weight is 320 g/mol. The van der Waals surface area contributed by atoms with Crippen LogP contribution in [-0.4, -0.2) is 8.75 Å². The third-order valence-corrected chi connectivity index (χ3v) is 4.83. The Kier molecular flexibility index (Phi) is 3.12. The summed E-state index contributed by atoms with van der Waals surface area (Å²) in [6.07, 6.45) is 1.23. The van der Waals surface area contributed by atoms with E-state index in [1.165, 1.54) is 18.1 Å². The minimum atomic E-state index is 0.595. The van der Waals surface area contributed by atoms with Crippen LogP contribution in [-0.2, 0) is 6.54 Å². The van der Waals surface area contributed by atoms with Crippen LogP contribution < -0.4 is 5.32 Å². The molecule has 1 aliphatic carbocycles. The molecule has 1 saturated carbocycles. The molecule has 0 radical (unpaired) electrons. The van der Waals surface area contributed by atoms with E-state index in [2.05, 4.69) is 27.1 Å². The van der Waals surface area contributed by atoms with Gasteiger partial charge in [-0.1, -0.05) is 18.5 Å². The maximum absolute atomic E-state index is 6.25. The third-order valence-electron chi connectivity index (χ3n) is 3.97. The number of fused-ring (bicyclic) bond motifs is 1. The zero-order valence-electron chi connectivity index (χ0n) is 11.5. The second-order valence-electron chi connectivity index (χ2n) is 5.53. The summed E-state index contributed by atoms with van der Waals surface area (Å²) in [6.45, 7) is 2.85. The van der Waals surface area contributed by atoms with Crippen molar-refractivity contribution in [3.05, 3.63) is 40.8 Å². The first-order valence-corrected chi connectivity index (χ1v) is 8.06. The van der Waals surface area contributed by atoms with Crippen LogP contribution in [0.3, 0.4) is 0 Å². The van der Waals surface area contributed by atoms with E-state index in [0.29, 0.717) is 17.5 Å². The van der Waals surface area contributed by atoms with E-state index in [4.69, 9.17) is 16.0 Å². The molecule has 4 rings (SSSR count). The molecule has 0 spiro atoms. The van der Waals surface area contributed by atoms with Gasteiger partial charge in [0, 0.05) is 5.92 Å². The normalized spacial score (nSPS) is 20.9. The molecule has 0 saturated heterocycles. The van der Waals surface area contributed by atoms with Gasteiger partial charge in [-0.15, -0.1) is 0 Å². The Morgan fingerprint density at radius 2 is 2.19 bits per heavy atom. The zero-order chi connectivity index (χ0) is 14.4. The molecule has 1 aliphatic rings. The van der Waals surface area contributed by atoms with Gasteiger partial charge in [0.25, 0.3) is 0 Å². The number of anilines is 1. The highest BCUT2D eigenvalue weighted by Gasteiger charge is 2.36. The van der Waals surface area contributed by atoms with E-state index in [1.807, 2.05) is 18.2 Å². The van der Waals surface area contributed by atoms with E-state index in [1.54, 1.807) is 0 Å². The summed E-state index contributed by atoms with van der Waals surface area (Å²) in [4.78, 5) is 0. The number of aromatic nitrogens is 2. The van der Waals surface area contributed by atoms with Crippen LogP contribution in [0.5, 0.6) is 0 Å². The van der Waals surface area contributed by atoms with Crippen LogP contribution in [0.25, 0.3) is 11.0 Å². The number of nitrogens with zero attached hydrogens (tertiary/aromatic N) is 2. The minimum absolute atomic E-state index is 0.595. The van der Waals surface area contributed by atoms with E-state index in [-0.39, 0.29) is 0 Å². The molecular weight excluding hydrogens is 306 g/mol. The molecular formula is C15H14ClN3OS. The van der Waals surface area contributed by atoms with Crippen molar-refractivity contribution in [2.75, 3.05) is 5.32 Å². The van der Waals surface area contributed by atoms with Crippen LogP contribution in [0.15, 0.2) is 28.7 Å². The lowest BCUT2D eigenvalue weighted by Crippen LogP contribution is -1.99. The molecule has 0 amide bonds. The summed E-state index contributed by atoms with van der Waals surface area (Å²) in [5.41, 5.74) is 2.49. The first-order chi connectivity index (χ1) is 10.2. The summed E-state index contributed by atoms with van der Waals surface area (Å²) in [5, 5.41) is 3.97. The van der Waals surface area contributed by atoms with Crippen molar-refractivity contribution < 1.29 is 4.42 Å². The van der Waals surface area contributed by atoms with Crippen LogP contribution in [0.4, 0.5) is 5.69 Å². The zero-order valence-corrected chi connectivity index (χ0v) is 13.0. The number of hydrogen-bond acceptors (Lipinski definition) is 5. The van der Waals surface area contributed by atoms with Crippen LogP contribution in [0.2, 0.25) is 5.02 Å². The van der Waals surface area contributed by atoms with Crippen molar-refractivity contribution in [1.82, 2.24) is 8.75 Å². The summed E-state index contributed by atoms with van der Waals surface area (Å²) >= 11 is 7.45. The Morgan fingerprint density at radius 3 is 3.00 bits per heavy atom. The van der Waals surface area contributed by atoms with Gasteiger partial charge in [-0.2, -0.15) is 8.75 Å². The Morgan fingerprint density at radius 1 is 1.33 bits per heavy atom. The van der Waals surface area contributed by atoms with Crippen molar-refractivity contribution in [2.45, 2.75) is 25.8 Å². The maximum Gasteiger partial charge on any atom is 0.129 e. The highest BCUT2D eigenvalue weighted by Crippen LogP contribution is 2.47. The molecule has 2 atom stereocenters. The fraction of sp³-hybridized carbons (Fsp3) is 0.333. The molecule has 0 aliphatic heterocycles. The van der Waals surface area contributed by atoms with Crippen molar-refractivity contribution in [2.24, 2.45) is 5.92 Å². The molecule has 2 heterocycles. The number of rotatable bonds is 4. The number of furan rings is 1. The number of halogens is 1. The molecule has 0 bridgehead atoms. The largest absolute Gasteiger partial charge is 0.464 e. The van der Waals surface area contributed by atoms with E-state index < -0.39 is 0 Å². The Balaban J connectivity index is 1.54. The van der Waals surface area contributed by atoms with Gasteiger partial charge in [0.1, 0.15) is 22.6 Å². The lowest BCUT2D eigenvalue weighted by atomic mass is 10.2. The first kappa shape index (κ1) is 13.1. The standard InChI is InChI=1S/C15H14ClN3OS/c1-8-6-10(8)13-5-2-9(20-13)7-17-14-11(16)3-4-12-15(14)19-21-18-12/h2-5,8,10,17H,6-7H2,1H3.